The van der Waals surface area contributed by atoms with Gasteiger partial charge in [-0.25, -0.2) is 4.39 Å². The number of piperidine rings is 1. The minimum absolute atomic E-state index is 0.0444. The molecule has 1 aromatic carbocycles. The number of aromatic nitrogens is 2. The summed E-state index contributed by atoms with van der Waals surface area (Å²) in [5.74, 6) is -1.07. The molecule has 6 nitrogen and oxygen atoms in total. The molecule has 0 bridgehead atoms. The molecule has 138 valence electrons. The Bertz CT molecular complexity index is 861. The Kier molecular flexibility index (Phi) is 4.80. The third-order valence-electron chi connectivity index (χ3n) is 5.15. The van der Waals surface area contributed by atoms with Crippen molar-refractivity contribution in [3.8, 4) is 0 Å². The molecular formula is C19H23FN4O2. The summed E-state index contributed by atoms with van der Waals surface area (Å²) in [6.07, 6.45) is 0.722. The molecule has 0 spiro atoms. The van der Waals surface area contributed by atoms with Crippen LogP contribution in [0.2, 0.25) is 0 Å². The molecule has 0 unspecified atom stereocenters. The van der Waals surface area contributed by atoms with Crippen LogP contribution in [-0.4, -0.2) is 33.5 Å². The third-order valence-corrected chi connectivity index (χ3v) is 5.15. The van der Waals surface area contributed by atoms with Gasteiger partial charge in [-0.15, -0.1) is 0 Å². The molecule has 0 aliphatic carbocycles. The van der Waals surface area contributed by atoms with Crippen molar-refractivity contribution in [1.29, 1.82) is 0 Å². The molecule has 1 aliphatic rings. The summed E-state index contributed by atoms with van der Waals surface area (Å²) in [6, 6.07) is 5.60. The molecule has 0 saturated carbocycles. The van der Waals surface area contributed by atoms with Crippen LogP contribution in [0.3, 0.4) is 0 Å². The van der Waals surface area contributed by atoms with E-state index < -0.39 is 12.0 Å². The summed E-state index contributed by atoms with van der Waals surface area (Å²) in [6.45, 7) is 3.72. The number of carbonyl (C=O) groups excluding carboxylic acids is 2. The number of nitrogens with one attached hydrogen (secondary N) is 1. The predicted molar refractivity (Wildman–Crippen MR) is 95.9 cm³/mol. The molecule has 2 atom stereocenters. The van der Waals surface area contributed by atoms with E-state index in [0.717, 1.165) is 11.4 Å². The minimum Gasteiger partial charge on any atom is -0.338 e. The summed E-state index contributed by atoms with van der Waals surface area (Å²) in [7, 11) is 3.48. The molecule has 26 heavy (non-hydrogen) atoms. The Morgan fingerprint density at radius 3 is 2.65 bits per heavy atom. The monoisotopic (exact) mass is 358 g/mol. The second-order valence-corrected chi connectivity index (χ2v) is 6.81. The van der Waals surface area contributed by atoms with E-state index >= 15 is 0 Å². The van der Waals surface area contributed by atoms with Crippen LogP contribution in [0, 0.1) is 25.6 Å². The summed E-state index contributed by atoms with van der Waals surface area (Å²) in [4.78, 5) is 26.8. The van der Waals surface area contributed by atoms with Gasteiger partial charge in [0.1, 0.15) is 5.82 Å². The van der Waals surface area contributed by atoms with Crippen molar-refractivity contribution in [2.75, 3.05) is 12.4 Å². The van der Waals surface area contributed by atoms with Crippen LogP contribution in [0.15, 0.2) is 24.3 Å². The van der Waals surface area contributed by atoms with Crippen molar-refractivity contribution < 1.29 is 14.0 Å². The largest absolute Gasteiger partial charge is 0.338 e. The Balaban J connectivity index is 1.92. The van der Waals surface area contributed by atoms with Crippen LogP contribution in [0.4, 0.5) is 10.1 Å². The zero-order chi connectivity index (χ0) is 19.0. The lowest BCUT2D eigenvalue weighted by Crippen LogP contribution is -2.44. The molecular weight excluding hydrogens is 335 g/mol. The number of halogens is 1. The van der Waals surface area contributed by atoms with Crippen LogP contribution in [0.5, 0.6) is 0 Å². The van der Waals surface area contributed by atoms with E-state index in [1.54, 1.807) is 28.8 Å². The smallest absolute Gasteiger partial charge is 0.230 e. The van der Waals surface area contributed by atoms with Crippen molar-refractivity contribution in [3.63, 3.8) is 0 Å². The number of carbonyl (C=O) groups is 2. The lowest BCUT2D eigenvalue weighted by molar-refractivity contribution is -0.140. The zero-order valence-corrected chi connectivity index (χ0v) is 15.4. The van der Waals surface area contributed by atoms with E-state index in [1.807, 2.05) is 20.9 Å². The van der Waals surface area contributed by atoms with Crippen LogP contribution in [0.1, 0.15) is 35.8 Å². The van der Waals surface area contributed by atoms with E-state index in [4.69, 9.17) is 0 Å². The second-order valence-electron chi connectivity index (χ2n) is 6.81. The van der Waals surface area contributed by atoms with Gasteiger partial charge in [0.25, 0.3) is 0 Å². The van der Waals surface area contributed by atoms with Crippen molar-refractivity contribution in [2.45, 2.75) is 32.7 Å². The molecule has 1 aromatic heterocycles. The highest BCUT2D eigenvalue weighted by molar-refractivity contribution is 5.95. The number of rotatable bonds is 3. The highest BCUT2D eigenvalue weighted by Gasteiger charge is 2.39. The first kappa shape index (κ1) is 18.1. The Labute approximate surface area is 152 Å². The van der Waals surface area contributed by atoms with Crippen LogP contribution >= 0.6 is 0 Å². The van der Waals surface area contributed by atoms with Gasteiger partial charge in [0.2, 0.25) is 11.8 Å². The van der Waals surface area contributed by atoms with Gasteiger partial charge in [-0.05, 0) is 38.0 Å². The fraction of sp³-hybridized carbons (Fsp3) is 0.421. The number of amides is 2. The summed E-state index contributed by atoms with van der Waals surface area (Å²) in [5, 5.41) is 7.28. The SMILES string of the molecule is Cc1nn(C)c(C)c1NC(=O)[C@@H]1CCC(=O)N(C)[C@@H]1c1cccc(F)c1. The van der Waals surface area contributed by atoms with Crippen LogP contribution in [0.25, 0.3) is 0 Å². The molecule has 0 radical (unpaired) electrons. The molecule has 2 amide bonds. The number of anilines is 1. The summed E-state index contributed by atoms with van der Waals surface area (Å²) >= 11 is 0. The zero-order valence-electron chi connectivity index (χ0n) is 15.4. The lowest BCUT2D eigenvalue weighted by atomic mass is 9.84. The van der Waals surface area contributed by atoms with Gasteiger partial charge in [-0.1, -0.05) is 12.1 Å². The van der Waals surface area contributed by atoms with Crippen LogP contribution < -0.4 is 5.32 Å². The highest BCUT2D eigenvalue weighted by atomic mass is 19.1. The van der Waals surface area contributed by atoms with Gasteiger partial charge in [-0.3, -0.25) is 14.3 Å². The van der Waals surface area contributed by atoms with Crippen molar-refractivity contribution in [3.05, 3.63) is 47.0 Å². The second kappa shape index (κ2) is 6.90. The van der Waals surface area contributed by atoms with E-state index in [1.165, 1.54) is 12.1 Å². The maximum Gasteiger partial charge on any atom is 0.230 e. The standard InChI is InChI=1S/C19H23FN4O2/c1-11-17(12(2)24(4)22-11)21-19(26)15-8-9-16(25)23(3)18(15)13-6-5-7-14(20)10-13/h5-7,10,15,18H,8-9H2,1-4H3,(H,21,26)/t15-,18-/m1/s1. The van der Waals surface area contributed by atoms with Gasteiger partial charge in [-0.2, -0.15) is 5.10 Å². The highest BCUT2D eigenvalue weighted by Crippen LogP contribution is 2.37. The quantitative estimate of drug-likeness (QED) is 0.917. The first-order chi connectivity index (χ1) is 12.3. The maximum atomic E-state index is 13.7. The Hall–Kier alpha value is -2.70. The summed E-state index contributed by atoms with van der Waals surface area (Å²) in [5.41, 5.74) is 2.91. The maximum absolute atomic E-state index is 13.7. The topological polar surface area (TPSA) is 67.2 Å². The number of benzene rings is 1. The molecule has 3 rings (SSSR count). The normalized spacial score (nSPS) is 20.3. The molecule has 1 saturated heterocycles. The average Bonchev–Trinajstić information content (AvgIpc) is 2.83. The molecule has 7 heteroatoms. The molecule has 1 N–H and O–H groups in total. The number of hydrogen-bond donors (Lipinski definition) is 1. The van der Waals surface area contributed by atoms with Crippen molar-refractivity contribution >= 4 is 17.5 Å². The number of likely N-dealkylation sites (tertiary alicyclic amines) is 1. The van der Waals surface area contributed by atoms with Gasteiger partial charge in [0, 0.05) is 20.5 Å². The number of nitrogens with zero attached hydrogens (tertiary/aromatic N) is 3. The van der Waals surface area contributed by atoms with Crippen molar-refractivity contribution in [2.24, 2.45) is 13.0 Å². The molecule has 1 fully saturated rings. The van der Waals surface area contributed by atoms with E-state index in [-0.39, 0.29) is 17.6 Å². The molecule has 2 aromatic rings. The summed E-state index contributed by atoms with van der Waals surface area (Å²) < 4.78 is 15.4. The van der Waals surface area contributed by atoms with Gasteiger partial charge in [0.15, 0.2) is 0 Å². The number of hydrogen-bond acceptors (Lipinski definition) is 3. The predicted octanol–water partition coefficient (Wildman–Crippen LogP) is 2.72. The third kappa shape index (κ3) is 3.21. The Morgan fingerprint density at radius 2 is 2.04 bits per heavy atom. The van der Waals surface area contributed by atoms with Crippen LogP contribution in [-0.2, 0) is 16.6 Å². The van der Waals surface area contributed by atoms with Gasteiger partial charge < -0.3 is 10.2 Å². The fourth-order valence-electron chi connectivity index (χ4n) is 3.63. The Morgan fingerprint density at radius 1 is 1.31 bits per heavy atom. The van der Waals surface area contributed by atoms with Crippen molar-refractivity contribution in [1.82, 2.24) is 14.7 Å². The number of aryl methyl sites for hydroxylation is 2. The lowest BCUT2D eigenvalue weighted by Gasteiger charge is -2.38. The molecule has 2 heterocycles. The van der Waals surface area contributed by atoms with Gasteiger partial charge in [0.05, 0.1) is 29.0 Å². The van der Waals surface area contributed by atoms with E-state index in [9.17, 15) is 14.0 Å². The van der Waals surface area contributed by atoms with E-state index in [0.29, 0.717) is 24.1 Å². The first-order valence-corrected chi connectivity index (χ1v) is 8.61. The average molecular weight is 358 g/mol. The van der Waals surface area contributed by atoms with Gasteiger partial charge >= 0.3 is 0 Å². The fourth-order valence-corrected chi connectivity index (χ4v) is 3.63. The van der Waals surface area contributed by atoms with E-state index in [2.05, 4.69) is 10.4 Å². The molecule has 1 aliphatic heterocycles. The minimum atomic E-state index is -0.496. The first-order valence-electron chi connectivity index (χ1n) is 8.61.